The smallest absolute Gasteiger partial charge is 0.244 e. The molecule has 1 aromatic carbocycles. The van der Waals surface area contributed by atoms with Crippen molar-refractivity contribution in [3.05, 3.63) is 35.9 Å². The molecule has 1 aliphatic carbocycles. The van der Waals surface area contributed by atoms with Gasteiger partial charge in [-0.1, -0.05) is 49.6 Å². The van der Waals surface area contributed by atoms with Crippen molar-refractivity contribution in [1.82, 2.24) is 10.2 Å². The molecule has 5 nitrogen and oxygen atoms in total. The highest BCUT2D eigenvalue weighted by atomic mass is 35.5. The van der Waals surface area contributed by atoms with Crippen LogP contribution in [-0.2, 0) is 16.0 Å². The number of halogens is 1. The molecular weight excluding hydrogens is 362 g/mol. The maximum Gasteiger partial charge on any atom is 0.244 e. The Morgan fingerprint density at radius 1 is 1.15 bits per heavy atom. The van der Waals surface area contributed by atoms with Crippen molar-refractivity contribution in [3.63, 3.8) is 0 Å². The number of carbonyl (C=O) groups excluding carboxylic acids is 2. The van der Waals surface area contributed by atoms with Crippen LogP contribution in [0.5, 0.6) is 0 Å². The lowest BCUT2D eigenvalue weighted by Gasteiger charge is -2.27. The summed E-state index contributed by atoms with van der Waals surface area (Å²) in [4.78, 5) is 26.8. The monoisotopic (exact) mass is 395 g/mol. The second kappa shape index (κ2) is 12.7. The Morgan fingerprint density at radius 2 is 1.81 bits per heavy atom. The number of hydrogen-bond acceptors (Lipinski definition) is 3. The summed E-state index contributed by atoms with van der Waals surface area (Å²) in [6.45, 7) is 3.31. The lowest BCUT2D eigenvalue weighted by Crippen LogP contribution is -2.49. The fraction of sp³-hybridized carbons (Fsp3) is 0.619. The minimum absolute atomic E-state index is 0. The molecule has 1 aliphatic rings. The standard InChI is InChI=1S/C21H33N3O2.ClH/c1-17(23-20(25)16-19-10-6-3-7-11-19)21(26)24(15-13-22)14-12-18-8-4-2-5-9-18;/h2,4-5,8-9,17,19H,3,6-7,10-16,22H2,1H3,(H,23,25);1H. The van der Waals surface area contributed by atoms with Gasteiger partial charge in [-0.25, -0.2) is 0 Å². The van der Waals surface area contributed by atoms with Crippen LogP contribution in [0.2, 0.25) is 0 Å². The van der Waals surface area contributed by atoms with Gasteiger partial charge in [-0.15, -0.1) is 12.4 Å². The van der Waals surface area contributed by atoms with Gasteiger partial charge < -0.3 is 16.0 Å². The predicted molar refractivity (Wildman–Crippen MR) is 112 cm³/mol. The normalized spacial score (nSPS) is 15.5. The fourth-order valence-corrected chi connectivity index (χ4v) is 3.69. The molecule has 1 fully saturated rings. The summed E-state index contributed by atoms with van der Waals surface area (Å²) in [7, 11) is 0. The Morgan fingerprint density at radius 3 is 2.44 bits per heavy atom. The molecule has 1 saturated carbocycles. The van der Waals surface area contributed by atoms with Gasteiger partial charge in [0, 0.05) is 26.1 Å². The highest BCUT2D eigenvalue weighted by Crippen LogP contribution is 2.26. The van der Waals surface area contributed by atoms with E-state index in [-0.39, 0.29) is 24.2 Å². The van der Waals surface area contributed by atoms with E-state index in [0.717, 1.165) is 19.3 Å². The molecule has 0 saturated heterocycles. The Kier molecular flexibility index (Phi) is 11.1. The van der Waals surface area contributed by atoms with Crippen LogP contribution in [0.1, 0.15) is 51.0 Å². The molecular formula is C21H34ClN3O2. The molecule has 2 rings (SSSR count). The average Bonchev–Trinajstić information content (AvgIpc) is 2.66. The zero-order valence-corrected chi connectivity index (χ0v) is 17.2. The Balaban J connectivity index is 0.00000364. The lowest BCUT2D eigenvalue weighted by atomic mass is 9.87. The van der Waals surface area contributed by atoms with E-state index in [1.54, 1.807) is 11.8 Å². The molecule has 0 radical (unpaired) electrons. The molecule has 0 aliphatic heterocycles. The molecule has 1 unspecified atom stereocenters. The van der Waals surface area contributed by atoms with Crippen molar-refractivity contribution < 1.29 is 9.59 Å². The summed E-state index contributed by atoms with van der Waals surface area (Å²) in [5.74, 6) is 0.418. The van der Waals surface area contributed by atoms with Gasteiger partial charge in [-0.3, -0.25) is 9.59 Å². The minimum atomic E-state index is -0.506. The Bertz CT molecular complexity index is 562. The number of amides is 2. The van der Waals surface area contributed by atoms with E-state index >= 15 is 0 Å². The summed E-state index contributed by atoms with van der Waals surface area (Å²) >= 11 is 0. The lowest BCUT2D eigenvalue weighted by molar-refractivity contribution is -0.136. The zero-order chi connectivity index (χ0) is 18.8. The van der Waals surface area contributed by atoms with Crippen molar-refractivity contribution in [2.45, 2.75) is 57.9 Å². The topological polar surface area (TPSA) is 75.4 Å². The first kappa shape index (κ1) is 23.4. The zero-order valence-electron chi connectivity index (χ0n) is 16.4. The first-order chi connectivity index (χ1) is 12.6. The van der Waals surface area contributed by atoms with Crippen LogP contribution >= 0.6 is 12.4 Å². The third kappa shape index (κ3) is 8.31. The SMILES string of the molecule is CC(NC(=O)CC1CCCCC1)C(=O)N(CCN)CCc1ccccc1.Cl. The molecule has 27 heavy (non-hydrogen) atoms. The minimum Gasteiger partial charge on any atom is -0.345 e. The van der Waals surface area contributed by atoms with Gasteiger partial charge in [0.25, 0.3) is 0 Å². The predicted octanol–water partition coefficient (Wildman–Crippen LogP) is 2.91. The van der Waals surface area contributed by atoms with Crippen LogP contribution in [0.25, 0.3) is 0 Å². The van der Waals surface area contributed by atoms with Gasteiger partial charge in [-0.2, -0.15) is 0 Å². The number of nitrogens with zero attached hydrogens (tertiary/aromatic N) is 1. The number of benzene rings is 1. The third-order valence-corrected chi connectivity index (χ3v) is 5.17. The Labute approximate surface area is 169 Å². The highest BCUT2D eigenvalue weighted by Gasteiger charge is 2.23. The van der Waals surface area contributed by atoms with Crippen LogP contribution in [-0.4, -0.2) is 42.4 Å². The van der Waals surface area contributed by atoms with Crippen LogP contribution in [0.4, 0.5) is 0 Å². The summed E-state index contributed by atoms with van der Waals surface area (Å²) < 4.78 is 0. The van der Waals surface area contributed by atoms with Gasteiger partial charge in [0.05, 0.1) is 0 Å². The second-order valence-corrected chi connectivity index (χ2v) is 7.35. The number of nitrogens with one attached hydrogen (secondary N) is 1. The van der Waals surface area contributed by atoms with Gasteiger partial charge in [-0.05, 0) is 37.7 Å². The maximum atomic E-state index is 12.7. The van der Waals surface area contributed by atoms with Crippen LogP contribution in [0.15, 0.2) is 30.3 Å². The molecule has 0 aromatic heterocycles. The fourth-order valence-electron chi connectivity index (χ4n) is 3.69. The van der Waals surface area contributed by atoms with Crippen molar-refractivity contribution in [3.8, 4) is 0 Å². The molecule has 0 bridgehead atoms. The number of nitrogens with two attached hydrogens (primary N) is 1. The van der Waals surface area contributed by atoms with Crippen LogP contribution in [0, 0.1) is 5.92 Å². The van der Waals surface area contributed by atoms with Gasteiger partial charge in [0.2, 0.25) is 11.8 Å². The van der Waals surface area contributed by atoms with E-state index in [1.165, 1.54) is 24.8 Å². The van der Waals surface area contributed by atoms with Crippen molar-refractivity contribution >= 4 is 24.2 Å². The molecule has 1 atom stereocenters. The largest absolute Gasteiger partial charge is 0.345 e. The van der Waals surface area contributed by atoms with Crippen LogP contribution < -0.4 is 11.1 Å². The summed E-state index contributed by atoms with van der Waals surface area (Å²) in [5, 5.41) is 2.89. The van der Waals surface area contributed by atoms with E-state index in [0.29, 0.717) is 32.0 Å². The summed E-state index contributed by atoms with van der Waals surface area (Å²) in [5.41, 5.74) is 6.87. The molecule has 3 N–H and O–H groups in total. The van der Waals surface area contributed by atoms with E-state index in [1.807, 2.05) is 18.2 Å². The van der Waals surface area contributed by atoms with E-state index < -0.39 is 6.04 Å². The van der Waals surface area contributed by atoms with Crippen molar-refractivity contribution in [2.75, 3.05) is 19.6 Å². The molecule has 152 valence electrons. The molecule has 0 heterocycles. The molecule has 0 spiro atoms. The van der Waals surface area contributed by atoms with Gasteiger partial charge >= 0.3 is 0 Å². The van der Waals surface area contributed by atoms with Gasteiger partial charge in [0.1, 0.15) is 6.04 Å². The second-order valence-electron chi connectivity index (χ2n) is 7.35. The van der Waals surface area contributed by atoms with Gasteiger partial charge in [0.15, 0.2) is 0 Å². The molecule has 2 amide bonds. The van der Waals surface area contributed by atoms with Crippen molar-refractivity contribution in [2.24, 2.45) is 11.7 Å². The highest BCUT2D eigenvalue weighted by molar-refractivity contribution is 5.87. The van der Waals surface area contributed by atoms with E-state index in [9.17, 15) is 9.59 Å². The maximum absolute atomic E-state index is 12.7. The summed E-state index contributed by atoms with van der Waals surface area (Å²) in [6.07, 6.45) is 7.31. The quantitative estimate of drug-likeness (QED) is 0.675. The third-order valence-electron chi connectivity index (χ3n) is 5.17. The number of carbonyl (C=O) groups is 2. The molecule has 6 heteroatoms. The van der Waals surface area contributed by atoms with E-state index in [4.69, 9.17) is 5.73 Å². The Hall–Kier alpha value is -1.59. The average molecular weight is 396 g/mol. The number of rotatable bonds is 9. The first-order valence-corrected chi connectivity index (χ1v) is 9.92. The number of hydrogen-bond donors (Lipinski definition) is 2. The van der Waals surface area contributed by atoms with Crippen molar-refractivity contribution in [1.29, 1.82) is 0 Å². The van der Waals surface area contributed by atoms with E-state index in [2.05, 4.69) is 17.4 Å². The van der Waals surface area contributed by atoms with Crippen LogP contribution in [0.3, 0.4) is 0 Å². The summed E-state index contributed by atoms with van der Waals surface area (Å²) in [6, 6.07) is 9.59. The first-order valence-electron chi connectivity index (χ1n) is 9.92. The molecule has 1 aromatic rings.